The van der Waals surface area contributed by atoms with Crippen molar-refractivity contribution in [3.63, 3.8) is 0 Å². The van der Waals surface area contributed by atoms with E-state index in [9.17, 15) is 14.9 Å². The van der Waals surface area contributed by atoms with Crippen LogP contribution in [0.3, 0.4) is 0 Å². The number of aryl methyl sites for hydroxylation is 1. The number of carbonyl (C=O) groups excluding carboxylic acids is 1. The highest BCUT2D eigenvalue weighted by Gasteiger charge is 2.14. The van der Waals surface area contributed by atoms with E-state index >= 15 is 0 Å². The topological polar surface area (TPSA) is 104 Å². The molecule has 0 bridgehead atoms. The van der Waals surface area contributed by atoms with Crippen molar-refractivity contribution in [3.05, 3.63) is 33.9 Å². The van der Waals surface area contributed by atoms with E-state index in [1.807, 2.05) is 6.92 Å². The Balaban J connectivity index is 2.71. The number of nitrogens with one attached hydrogen (secondary N) is 2. The van der Waals surface area contributed by atoms with Crippen LogP contribution in [0.2, 0.25) is 0 Å². The Labute approximate surface area is 117 Å². The highest BCUT2D eigenvalue weighted by Crippen LogP contribution is 2.22. The average Bonchev–Trinajstić information content (AvgIpc) is 2.40. The van der Waals surface area contributed by atoms with Crippen LogP contribution < -0.4 is 10.6 Å². The highest BCUT2D eigenvalue weighted by atomic mass is 16.6. The molecule has 0 heterocycles. The molecule has 2 amide bonds. The molecule has 3 N–H and O–H groups in total. The number of anilines is 1. The molecular formula is C13H19N3O4. The van der Waals surface area contributed by atoms with Crippen LogP contribution in [0.5, 0.6) is 0 Å². The first-order chi connectivity index (χ1) is 9.47. The largest absolute Gasteiger partial charge is 0.396 e. The second kappa shape index (κ2) is 7.44. The minimum atomic E-state index is -0.487. The van der Waals surface area contributed by atoms with Gasteiger partial charge in [-0.05, 0) is 25.8 Å². The van der Waals surface area contributed by atoms with Crippen LogP contribution in [0.4, 0.5) is 16.2 Å². The molecule has 110 valence electrons. The zero-order valence-corrected chi connectivity index (χ0v) is 11.5. The van der Waals surface area contributed by atoms with Crippen LogP contribution in [0.1, 0.15) is 25.3 Å². The van der Waals surface area contributed by atoms with Crippen molar-refractivity contribution in [2.24, 2.45) is 0 Å². The summed E-state index contributed by atoms with van der Waals surface area (Å²) in [6.07, 6.45) is 1.17. The van der Waals surface area contributed by atoms with E-state index in [-0.39, 0.29) is 18.3 Å². The van der Waals surface area contributed by atoms with Crippen LogP contribution >= 0.6 is 0 Å². The fraction of sp³-hybridized carbons (Fsp3) is 0.462. The molecule has 0 spiro atoms. The summed E-state index contributed by atoms with van der Waals surface area (Å²) < 4.78 is 0. The third kappa shape index (κ3) is 4.51. The number of nitro benzene ring substituents is 1. The van der Waals surface area contributed by atoms with Gasteiger partial charge >= 0.3 is 6.03 Å². The standard InChI is InChI=1S/C13H19N3O4/c1-3-10(6-7-17)14-13(18)15-11-5-4-9(2)12(8-11)16(19)20/h4-5,8,10,17H,3,6-7H2,1-2H3,(H2,14,15,18). The molecule has 0 aliphatic heterocycles. The van der Waals surface area contributed by atoms with Crippen molar-refractivity contribution in [3.8, 4) is 0 Å². The van der Waals surface area contributed by atoms with Gasteiger partial charge in [-0.25, -0.2) is 4.79 Å². The van der Waals surface area contributed by atoms with Gasteiger partial charge in [0.05, 0.1) is 4.92 Å². The van der Waals surface area contributed by atoms with Crippen molar-refractivity contribution < 1.29 is 14.8 Å². The summed E-state index contributed by atoms with van der Waals surface area (Å²) in [5.74, 6) is 0. The number of amides is 2. The Morgan fingerprint density at radius 2 is 2.20 bits per heavy atom. The molecule has 0 saturated heterocycles. The second-order valence-electron chi connectivity index (χ2n) is 4.47. The second-order valence-corrected chi connectivity index (χ2v) is 4.47. The molecule has 0 radical (unpaired) electrons. The molecular weight excluding hydrogens is 262 g/mol. The van der Waals surface area contributed by atoms with Gasteiger partial charge in [-0.2, -0.15) is 0 Å². The van der Waals surface area contributed by atoms with Crippen LogP contribution in [-0.2, 0) is 0 Å². The molecule has 0 aliphatic rings. The third-order valence-electron chi connectivity index (χ3n) is 2.97. The normalized spacial score (nSPS) is 11.8. The number of hydrogen-bond acceptors (Lipinski definition) is 4. The minimum absolute atomic E-state index is 0.00517. The first-order valence-electron chi connectivity index (χ1n) is 6.41. The van der Waals surface area contributed by atoms with Crippen LogP contribution in [0, 0.1) is 17.0 Å². The van der Waals surface area contributed by atoms with Gasteiger partial charge in [0.25, 0.3) is 5.69 Å². The van der Waals surface area contributed by atoms with E-state index < -0.39 is 11.0 Å². The molecule has 7 nitrogen and oxygen atoms in total. The van der Waals surface area contributed by atoms with Crippen molar-refractivity contribution >= 4 is 17.4 Å². The van der Waals surface area contributed by atoms with Gasteiger partial charge in [0, 0.05) is 30.0 Å². The number of aliphatic hydroxyl groups excluding tert-OH is 1. The lowest BCUT2D eigenvalue weighted by Gasteiger charge is -2.16. The van der Waals surface area contributed by atoms with Gasteiger partial charge in [-0.15, -0.1) is 0 Å². The van der Waals surface area contributed by atoms with Crippen molar-refractivity contribution in [2.75, 3.05) is 11.9 Å². The summed E-state index contributed by atoms with van der Waals surface area (Å²) in [4.78, 5) is 22.1. The lowest BCUT2D eigenvalue weighted by atomic mass is 10.1. The van der Waals surface area contributed by atoms with Gasteiger partial charge in [0.15, 0.2) is 0 Å². The van der Waals surface area contributed by atoms with Crippen molar-refractivity contribution in [2.45, 2.75) is 32.7 Å². The van der Waals surface area contributed by atoms with Crippen LogP contribution in [0.25, 0.3) is 0 Å². The number of benzene rings is 1. The number of urea groups is 1. The maximum atomic E-state index is 11.7. The molecule has 1 atom stereocenters. The molecule has 0 saturated carbocycles. The van der Waals surface area contributed by atoms with Gasteiger partial charge in [0.1, 0.15) is 0 Å². The molecule has 1 aromatic rings. The summed E-state index contributed by atoms with van der Waals surface area (Å²) in [5.41, 5.74) is 0.858. The molecule has 1 unspecified atom stereocenters. The highest BCUT2D eigenvalue weighted by molar-refractivity contribution is 5.89. The van der Waals surface area contributed by atoms with E-state index in [2.05, 4.69) is 10.6 Å². The average molecular weight is 281 g/mol. The molecule has 7 heteroatoms. The van der Waals surface area contributed by atoms with Crippen molar-refractivity contribution in [1.29, 1.82) is 0 Å². The summed E-state index contributed by atoms with van der Waals surface area (Å²) in [7, 11) is 0. The number of rotatable bonds is 6. The summed E-state index contributed by atoms with van der Waals surface area (Å²) in [6.45, 7) is 3.53. The Kier molecular flexibility index (Phi) is 5.92. The van der Waals surface area contributed by atoms with E-state index in [1.165, 1.54) is 6.07 Å². The lowest BCUT2D eigenvalue weighted by Crippen LogP contribution is -2.38. The molecule has 1 aromatic carbocycles. The summed E-state index contributed by atoms with van der Waals surface area (Å²) >= 11 is 0. The SMILES string of the molecule is CCC(CCO)NC(=O)Nc1ccc(C)c([N+](=O)[O-])c1. The fourth-order valence-electron chi connectivity index (χ4n) is 1.77. The number of aliphatic hydroxyl groups is 1. The Hall–Kier alpha value is -2.15. The quantitative estimate of drug-likeness (QED) is 0.549. The predicted molar refractivity (Wildman–Crippen MR) is 75.8 cm³/mol. The smallest absolute Gasteiger partial charge is 0.319 e. The van der Waals surface area contributed by atoms with Crippen LogP contribution in [-0.4, -0.2) is 28.7 Å². The summed E-state index contributed by atoms with van der Waals surface area (Å²) in [6, 6.07) is 3.94. The molecule has 0 aromatic heterocycles. The number of nitro groups is 1. The van der Waals surface area contributed by atoms with Gasteiger partial charge in [-0.3, -0.25) is 10.1 Å². The molecule has 0 aliphatic carbocycles. The fourth-order valence-corrected chi connectivity index (χ4v) is 1.77. The van der Waals surface area contributed by atoms with Crippen molar-refractivity contribution in [1.82, 2.24) is 5.32 Å². The van der Waals surface area contributed by atoms with Gasteiger partial charge in [0.2, 0.25) is 0 Å². The predicted octanol–water partition coefficient (Wildman–Crippen LogP) is 2.19. The van der Waals surface area contributed by atoms with E-state index in [0.29, 0.717) is 24.1 Å². The monoisotopic (exact) mass is 281 g/mol. The first-order valence-corrected chi connectivity index (χ1v) is 6.41. The zero-order chi connectivity index (χ0) is 15.1. The lowest BCUT2D eigenvalue weighted by molar-refractivity contribution is -0.385. The van der Waals surface area contributed by atoms with E-state index in [0.717, 1.165) is 0 Å². The Bertz CT molecular complexity index is 491. The van der Waals surface area contributed by atoms with E-state index in [4.69, 9.17) is 5.11 Å². The maximum absolute atomic E-state index is 11.7. The maximum Gasteiger partial charge on any atom is 0.319 e. The minimum Gasteiger partial charge on any atom is -0.396 e. The molecule has 20 heavy (non-hydrogen) atoms. The number of hydrogen-bond donors (Lipinski definition) is 3. The Morgan fingerprint density at radius 1 is 1.50 bits per heavy atom. The third-order valence-corrected chi connectivity index (χ3v) is 2.97. The van der Waals surface area contributed by atoms with Gasteiger partial charge in [-0.1, -0.05) is 13.0 Å². The van der Waals surface area contributed by atoms with Gasteiger partial charge < -0.3 is 15.7 Å². The summed E-state index contributed by atoms with van der Waals surface area (Å²) in [5, 5.41) is 24.9. The molecule has 0 fully saturated rings. The van der Waals surface area contributed by atoms with Crippen LogP contribution in [0.15, 0.2) is 18.2 Å². The first kappa shape index (κ1) is 15.9. The number of nitrogens with zero attached hydrogens (tertiary/aromatic N) is 1. The zero-order valence-electron chi connectivity index (χ0n) is 11.5. The van der Waals surface area contributed by atoms with E-state index in [1.54, 1.807) is 19.1 Å². The number of carbonyl (C=O) groups is 1. The Morgan fingerprint density at radius 3 is 2.75 bits per heavy atom. The molecule has 1 rings (SSSR count).